The fraction of sp³-hybridized carbons (Fsp3) is 0.476. The second kappa shape index (κ2) is 9.19. The summed E-state index contributed by atoms with van der Waals surface area (Å²) in [4.78, 5) is 22.5. The van der Waals surface area contributed by atoms with Crippen LogP contribution >= 0.6 is 0 Å². The van der Waals surface area contributed by atoms with Crippen LogP contribution in [0.15, 0.2) is 29.2 Å². The Balaban J connectivity index is 2.02. The Bertz CT molecular complexity index is 1070. The number of anilines is 1. The van der Waals surface area contributed by atoms with Crippen molar-refractivity contribution in [1.82, 2.24) is 19.2 Å². The van der Waals surface area contributed by atoms with Crippen LogP contribution in [0.3, 0.4) is 0 Å². The van der Waals surface area contributed by atoms with E-state index < -0.39 is 16.1 Å². The van der Waals surface area contributed by atoms with Crippen molar-refractivity contribution >= 4 is 21.7 Å². The zero-order valence-corrected chi connectivity index (χ0v) is 19.4. The highest BCUT2D eigenvalue weighted by molar-refractivity contribution is 7.89. The Morgan fingerprint density at radius 2 is 2.06 bits per heavy atom. The topological polar surface area (TPSA) is 105 Å². The molecule has 2 heterocycles. The maximum Gasteiger partial charge on any atom is 0.247 e. The largest absolute Gasteiger partial charge is 0.495 e. The number of aryl methyl sites for hydroxylation is 1. The number of carbonyl (C=O) groups is 1. The van der Waals surface area contributed by atoms with Gasteiger partial charge in [-0.3, -0.25) is 4.79 Å². The number of hydrogen-bond acceptors (Lipinski definition) is 7. The molecule has 0 unspecified atom stereocenters. The average Bonchev–Trinajstić information content (AvgIpc) is 3.24. The van der Waals surface area contributed by atoms with E-state index in [2.05, 4.69) is 15.3 Å². The summed E-state index contributed by atoms with van der Waals surface area (Å²) in [6.45, 7) is 4.02. The third-order valence-electron chi connectivity index (χ3n) is 5.40. The van der Waals surface area contributed by atoms with Gasteiger partial charge in [0.05, 0.1) is 25.4 Å². The molecule has 0 radical (unpaired) electrons. The number of carbonyl (C=O) groups excluding carboxylic acids is 1. The van der Waals surface area contributed by atoms with Crippen LogP contribution in [0.1, 0.15) is 42.9 Å². The molecule has 3 rings (SSSR count). The van der Waals surface area contributed by atoms with Gasteiger partial charge in [0.25, 0.3) is 0 Å². The lowest BCUT2D eigenvalue weighted by atomic mass is 10.2. The molecule has 1 aromatic heterocycles. The van der Waals surface area contributed by atoms with E-state index in [0.29, 0.717) is 49.0 Å². The van der Waals surface area contributed by atoms with Crippen molar-refractivity contribution in [3.05, 3.63) is 41.3 Å². The minimum Gasteiger partial charge on any atom is -0.495 e. The number of ether oxygens (including phenoxy) is 1. The summed E-state index contributed by atoms with van der Waals surface area (Å²) in [5.41, 5.74) is 1.47. The second-order valence-corrected chi connectivity index (χ2v) is 9.51. The van der Waals surface area contributed by atoms with E-state index in [9.17, 15) is 13.2 Å². The number of benzene rings is 1. The number of sulfonamides is 1. The molecule has 10 heteroatoms. The number of methoxy groups -OCH3 is 1. The van der Waals surface area contributed by atoms with Crippen molar-refractivity contribution in [2.24, 2.45) is 0 Å². The van der Waals surface area contributed by atoms with Gasteiger partial charge in [0.15, 0.2) is 0 Å². The van der Waals surface area contributed by atoms with Gasteiger partial charge in [-0.15, -0.1) is 0 Å². The van der Waals surface area contributed by atoms with Crippen LogP contribution in [0.4, 0.5) is 5.82 Å². The van der Waals surface area contributed by atoms with Gasteiger partial charge in [-0.25, -0.2) is 18.4 Å². The van der Waals surface area contributed by atoms with Crippen LogP contribution in [-0.2, 0) is 21.4 Å². The molecule has 31 heavy (non-hydrogen) atoms. The molecule has 1 amide bonds. The summed E-state index contributed by atoms with van der Waals surface area (Å²) in [7, 11) is 1.07. The summed E-state index contributed by atoms with van der Waals surface area (Å²) in [5, 5.41) is 3.00. The summed E-state index contributed by atoms with van der Waals surface area (Å²) < 4.78 is 33.9. The van der Waals surface area contributed by atoms with E-state index >= 15 is 0 Å². The van der Waals surface area contributed by atoms with Crippen LogP contribution < -0.4 is 10.1 Å². The molecule has 1 aliphatic heterocycles. The first-order valence-electron chi connectivity index (χ1n) is 10.1. The van der Waals surface area contributed by atoms with Crippen molar-refractivity contribution in [3.63, 3.8) is 0 Å². The van der Waals surface area contributed by atoms with Gasteiger partial charge in [0.2, 0.25) is 15.9 Å². The third-order valence-corrected chi connectivity index (χ3v) is 7.33. The molecule has 2 aromatic rings. The Labute approximate surface area is 183 Å². The predicted octanol–water partition coefficient (Wildman–Crippen LogP) is 2.34. The van der Waals surface area contributed by atoms with E-state index in [4.69, 9.17) is 4.74 Å². The summed E-state index contributed by atoms with van der Waals surface area (Å²) in [6.07, 6.45) is 1.32. The summed E-state index contributed by atoms with van der Waals surface area (Å²) >= 11 is 0. The molecule has 168 valence electrons. The molecule has 1 fully saturated rings. The molecule has 0 spiro atoms. The SMILES string of the molecule is CNc1cc(CN(C)C(C)=O)nc([C@@H]2CCCN2S(=O)(=O)c2cc(C)ccc2OC)n1. The maximum atomic E-state index is 13.6. The lowest BCUT2D eigenvalue weighted by Gasteiger charge is -2.25. The average molecular weight is 448 g/mol. The highest BCUT2D eigenvalue weighted by atomic mass is 32.2. The Kier molecular flexibility index (Phi) is 6.80. The minimum atomic E-state index is -3.83. The van der Waals surface area contributed by atoms with E-state index in [1.54, 1.807) is 37.2 Å². The van der Waals surface area contributed by atoms with Crippen LogP contribution in [0.25, 0.3) is 0 Å². The fourth-order valence-electron chi connectivity index (χ4n) is 3.63. The smallest absolute Gasteiger partial charge is 0.247 e. The van der Waals surface area contributed by atoms with Crippen molar-refractivity contribution in [2.75, 3.05) is 33.1 Å². The lowest BCUT2D eigenvalue weighted by molar-refractivity contribution is -0.128. The van der Waals surface area contributed by atoms with Gasteiger partial charge in [0.1, 0.15) is 22.3 Å². The first-order valence-corrected chi connectivity index (χ1v) is 11.5. The van der Waals surface area contributed by atoms with Gasteiger partial charge < -0.3 is 15.0 Å². The molecule has 1 aromatic carbocycles. The quantitative estimate of drug-likeness (QED) is 0.695. The monoisotopic (exact) mass is 447 g/mol. The number of aromatic nitrogens is 2. The highest BCUT2D eigenvalue weighted by Crippen LogP contribution is 2.38. The van der Waals surface area contributed by atoms with Gasteiger partial charge in [-0.05, 0) is 37.5 Å². The number of nitrogens with one attached hydrogen (secondary N) is 1. The molecule has 0 aliphatic carbocycles. The molecular weight excluding hydrogens is 418 g/mol. The molecule has 0 saturated carbocycles. The Hall–Kier alpha value is -2.72. The second-order valence-electron chi connectivity index (χ2n) is 7.66. The van der Waals surface area contributed by atoms with Crippen LogP contribution in [0, 0.1) is 6.92 Å². The number of amides is 1. The van der Waals surface area contributed by atoms with Gasteiger partial charge in [0, 0.05) is 33.6 Å². The zero-order chi connectivity index (χ0) is 22.8. The number of hydrogen-bond donors (Lipinski definition) is 1. The first kappa shape index (κ1) is 23.0. The normalized spacial score (nSPS) is 16.9. The maximum absolute atomic E-state index is 13.6. The Morgan fingerprint density at radius 3 is 2.71 bits per heavy atom. The minimum absolute atomic E-state index is 0.0808. The van der Waals surface area contributed by atoms with E-state index in [1.807, 2.05) is 13.0 Å². The molecule has 0 bridgehead atoms. The fourth-order valence-corrected chi connectivity index (χ4v) is 5.53. The van der Waals surface area contributed by atoms with Gasteiger partial charge >= 0.3 is 0 Å². The van der Waals surface area contributed by atoms with Crippen LogP contribution in [-0.4, -0.2) is 61.2 Å². The Morgan fingerprint density at radius 1 is 1.32 bits per heavy atom. The molecule has 1 N–H and O–H groups in total. The van der Waals surface area contributed by atoms with Gasteiger partial charge in [-0.2, -0.15) is 4.31 Å². The van der Waals surface area contributed by atoms with Crippen molar-refractivity contribution in [1.29, 1.82) is 0 Å². The summed E-state index contributed by atoms with van der Waals surface area (Å²) in [6, 6.07) is 6.38. The lowest BCUT2D eigenvalue weighted by Crippen LogP contribution is -2.32. The summed E-state index contributed by atoms with van der Waals surface area (Å²) in [5.74, 6) is 1.23. The molecule has 1 aliphatic rings. The van der Waals surface area contributed by atoms with Gasteiger partial charge in [-0.1, -0.05) is 6.07 Å². The molecule has 1 atom stereocenters. The van der Waals surface area contributed by atoms with Crippen molar-refractivity contribution < 1.29 is 17.9 Å². The number of rotatable bonds is 7. The van der Waals surface area contributed by atoms with Crippen LogP contribution in [0.2, 0.25) is 0 Å². The standard InChI is InChI=1S/C21H29N5O4S/c1-14-8-9-18(30-5)19(11-14)31(28,29)26-10-6-7-17(26)21-23-16(12-20(22-3)24-21)13-25(4)15(2)27/h8-9,11-12,17H,6-7,10,13H2,1-5H3,(H,22,23,24)/t17-/m0/s1. The molecule has 9 nitrogen and oxygen atoms in total. The van der Waals surface area contributed by atoms with Crippen molar-refractivity contribution in [2.45, 2.75) is 44.2 Å². The van der Waals surface area contributed by atoms with Crippen LogP contribution in [0.5, 0.6) is 5.75 Å². The van der Waals surface area contributed by atoms with Crippen molar-refractivity contribution in [3.8, 4) is 5.75 Å². The van der Waals surface area contributed by atoms with E-state index in [-0.39, 0.29) is 10.8 Å². The van der Waals surface area contributed by atoms with E-state index in [0.717, 1.165) is 5.56 Å². The third kappa shape index (κ3) is 4.80. The first-order chi connectivity index (χ1) is 14.7. The number of nitrogens with zero attached hydrogens (tertiary/aromatic N) is 4. The molecule has 1 saturated heterocycles. The zero-order valence-electron chi connectivity index (χ0n) is 18.5. The van der Waals surface area contributed by atoms with E-state index in [1.165, 1.54) is 18.3 Å². The predicted molar refractivity (Wildman–Crippen MR) is 117 cm³/mol. The highest BCUT2D eigenvalue weighted by Gasteiger charge is 2.39. The molecular formula is C21H29N5O4S.